The van der Waals surface area contributed by atoms with Crippen molar-refractivity contribution in [2.45, 2.75) is 0 Å². The molecule has 0 radical (unpaired) electrons. The zero-order valence-electron chi connectivity index (χ0n) is 12.7. The van der Waals surface area contributed by atoms with E-state index in [-0.39, 0.29) is 10.8 Å². The summed E-state index contributed by atoms with van der Waals surface area (Å²) in [4.78, 5) is 8.72. The molecule has 8 heteroatoms. The summed E-state index contributed by atoms with van der Waals surface area (Å²) in [6, 6.07) is 6.67. The molecule has 1 heterocycles. The first kappa shape index (κ1) is 16.8. The van der Waals surface area contributed by atoms with Crippen LogP contribution in [0.25, 0.3) is 10.2 Å². The van der Waals surface area contributed by atoms with E-state index in [0.717, 1.165) is 10.2 Å². The molecule has 0 fully saturated rings. The summed E-state index contributed by atoms with van der Waals surface area (Å²) in [6.07, 6.45) is 1.47. The Balaban J connectivity index is 1.99. The summed E-state index contributed by atoms with van der Waals surface area (Å²) in [6.45, 7) is 0. The molecule has 0 spiro atoms. The van der Waals surface area contributed by atoms with E-state index in [2.05, 4.69) is 9.98 Å². The normalized spacial score (nSPS) is 11.3. The Morgan fingerprint density at radius 2 is 1.83 bits per heavy atom. The fraction of sp³-hybridized carbons (Fsp3) is 0.125. The zero-order chi connectivity index (χ0) is 17.3. The van der Waals surface area contributed by atoms with Crippen LogP contribution in [0.5, 0.6) is 17.2 Å². The van der Waals surface area contributed by atoms with Crippen LogP contribution in [-0.4, -0.2) is 30.5 Å². The first-order valence-electron chi connectivity index (χ1n) is 6.76. The van der Waals surface area contributed by atoms with Crippen molar-refractivity contribution in [1.82, 2.24) is 4.98 Å². The highest BCUT2D eigenvalue weighted by atomic mass is 35.5. The van der Waals surface area contributed by atoms with E-state index in [1.165, 1.54) is 23.6 Å². The van der Waals surface area contributed by atoms with Gasteiger partial charge in [0, 0.05) is 28.9 Å². The van der Waals surface area contributed by atoms with Crippen LogP contribution in [-0.2, 0) is 0 Å². The van der Waals surface area contributed by atoms with Crippen molar-refractivity contribution in [1.29, 1.82) is 0 Å². The van der Waals surface area contributed by atoms with Crippen molar-refractivity contribution >= 4 is 56.1 Å². The summed E-state index contributed by atoms with van der Waals surface area (Å²) < 4.78 is 11.5. The van der Waals surface area contributed by atoms with Crippen LogP contribution in [0.3, 0.4) is 0 Å². The third-order valence-electron chi connectivity index (χ3n) is 3.25. The van der Waals surface area contributed by atoms with Crippen LogP contribution in [0.1, 0.15) is 5.56 Å². The molecule has 24 heavy (non-hydrogen) atoms. The van der Waals surface area contributed by atoms with Crippen molar-refractivity contribution in [2.24, 2.45) is 4.99 Å². The molecular formula is C16H12Cl2N2O3S. The van der Waals surface area contributed by atoms with Gasteiger partial charge in [0.05, 0.1) is 29.5 Å². The topological polar surface area (TPSA) is 63.9 Å². The van der Waals surface area contributed by atoms with Crippen LogP contribution in [0.15, 0.2) is 29.3 Å². The van der Waals surface area contributed by atoms with Crippen molar-refractivity contribution in [3.05, 3.63) is 39.9 Å². The van der Waals surface area contributed by atoms with Gasteiger partial charge >= 0.3 is 0 Å². The second-order valence-electron chi connectivity index (χ2n) is 4.76. The van der Waals surface area contributed by atoms with E-state index in [9.17, 15) is 5.11 Å². The number of ether oxygens (including phenoxy) is 2. The van der Waals surface area contributed by atoms with E-state index in [0.29, 0.717) is 27.2 Å². The molecule has 1 N–H and O–H groups in total. The van der Waals surface area contributed by atoms with Crippen LogP contribution >= 0.6 is 34.5 Å². The number of hydrogen-bond donors (Lipinski definition) is 1. The number of rotatable bonds is 4. The van der Waals surface area contributed by atoms with Crippen LogP contribution < -0.4 is 9.47 Å². The van der Waals surface area contributed by atoms with Gasteiger partial charge in [-0.2, -0.15) is 0 Å². The maximum atomic E-state index is 9.94. The molecular weight excluding hydrogens is 371 g/mol. The third kappa shape index (κ3) is 3.26. The lowest BCUT2D eigenvalue weighted by atomic mass is 10.2. The second kappa shape index (κ2) is 6.84. The molecule has 0 aliphatic heterocycles. The van der Waals surface area contributed by atoms with Crippen LogP contribution in [0.2, 0.25) is 10.0 Å². The fourth-order valence-electron chi connectivity index (χ4n) is 2.11. The number of methoxy groups -OCH3 is 2. The molecule has 1 aromatic heterocycles. The van der Waals surface area contributed by atoms with E-state index < -0.39 is 0 Å². The average molecular weight is 383 g/mol. The van der Waals surface area contributed by atoms with E-state index in [1.54, 1.807) is 26.4 Å². The molecule has 0 saturated carbocycles. The van der Waals surface area contributed by atoms with Gasteiger partial charge in [0.25, 0.3) is 0 Å². The van der Waals surface area contributed by atoms with Gasteiger partial charge in [0.15, 0.2) is 11.5 Å². The summed E-state index contributed by atoms with van der Waals surface area (Å²) in [7, 11) is 3.15. The molecule has 0 amide bonds. The van der Waals surface area contributed by atoms with Gasteiger partial charge in [-0.25, -0.2) is 9.98 Å². The standard InChI is InChI=1S/C16H12Cl2N2O3S/c1-22-12-5-11-14(6-13(12)23-2)24-16(20-11)19-7-8-3-9(17)4-10(18)15(8)21/h3-7,21H,1-2H3. The number of benzene rings is 2. The lowest BCUT2D eigenvalue weighted by molar-refractivity contribution is 0.356. The molecule has 3 rings (SSSR count). The number of phenols is 1. The summed E-state index contributed by atoms with van der Waals surface area (Å²) in [5.41, 5.74) is 1.17. The maximum absolute atomic E-state index is 9.94. The highest BCUT2D eigenvalue weighted by molar-refractivity contribution is 7.22. The smallest absolute Gasteiger partial charge is 0.210 e. The number of aliphatic imine (C=N–C) groups is 1. The monoisotopic (exact) mass is 382 g/mol. The minimum absolute atomic E-state index is 0.0748. The molecule has 5 nitrogen and oxygen atoms in total. The van der Waals surface area contributed by atoms with Crippen molar-refractivity contribution < 1.29 is 14.6 Å². The zero-order valence-corrected chi connectivity index (χ0v) is 15.0. The van der Waals surface area contributed by atoms with Gasteiger partial charge in [-0.1, -0.05) is 34.5 Å². The number of phenolic OH excluding ortho intramolecular Hbond substituents is 1. The second-order valence-corrected chi connectivity index (χ2v) is 6.61. The van der Waals surface area contributed by atoms with Gasteiger partial charge in [-0.15, -0.1) is 0 Å². The third-order valence-corrected chi connectivity index (χ3v) is 4.69. The van der Waals surface area contributed by atoms with Crippen molar-refractivity contribution in [3.8, 4) is 17.2 Å². The molecule has 0 aliphatic carbocycles. The number of aromatic nitrogens is 1. The van der Waals surface area contributed by atoms with Crippen molar-refractivity contribution in [3.63, 3.8) is 0 Å². The van der Waals surface area contributed by atoms with Crippen molar-refractivity contribution in [2.75, 3.05) is 14.2 Å². The number of thiazole rings is 1. The molecule has 0 aliphatic rings. The molecule has 0 atom stereocenters. The van der Waals surface area contributed by atoms with Crippen LogP contribution in [0.4, 0.5) is 5.13 Å². The molecule has 0 bridgehead atoms. The predicted octanol–water partition coefficient (Wildman–Crippen LogP) is 5.08. The summed E-state index contributed by atoms with van der Waals surface area (Å²) >= 11 is 13.2. The first-order valence-corrected chi connectivity index (χ1v) is 8.33. The number of hydrogen-bond acceptors (Lipinski definition) is 6. The Bertz CT molecular complexity index is 900. The Morgan fingerprint density at radius 3 is 2.54 bits per heavy atom. The minimum Gasteiger partial charge on any atom is -0.506 e. The average Bonchev–Trinajstić information content (AvgIpc) is 2.97. The number of nitrogens with zero attached hydrogens (tertiary/aromatic N) is 2. The largest absolute Gasteiger partial charge is 0.506 e. The van der Waals surface area contributed by atoms with E-state index in [4.69, 9.17) is 32.7 Å². The molecule has 0 unspecified atom stereocenters. The Labute approximate surface area is 152 Å². The van der Waals surface area contributed by atoms with E-state index in [1.807, 2.05) is 6.07 Å². The highest BCUT2D eigenvalue weighted by Gasteiger charge is 2.11. The predicted molar refractivity (Wildman–Crippen MR) is 98.1 cm³/mol. The molecule has 3 aromatic rings. The van der Waals surface area contributed by atoms with Crippen LogP contribution in [0, 0.1) is 0 Å². The number of fused-ring (bicyclic) bond motifs is 1. The van der Waals surface area contributed by atoms with Gasteiger partial charge in [-0.05, 0) is 12.1 Å². The lowest BCUT2D eigenvalue weighted by Gasteiger charge is -2.05. The van der Waals surface area contributed by atoms with Gasteiger partial charge in [0.1, 0.15) is 5.75 Å². The Hall–Kier alpha value is -2.02. The highest BCUT2D eigenvalue weighted by Crippen LogP contribution is 2.37. The molecule has 2 aromatic carbocycles. The first-order chi connectivity index (χ1) is 11.5. The van der Waals surface area contributed by atoms with E-state index >= 15 is 0 Å². The maximum Gasteiger partial charge on any atom is 0.210 e. The summed E-state index contributed by atoms with van der Waals surface area (Å²) in [5.74, 6) is 1.16. The van der Waals surface area contributed by atoms with Gasteiger partial charge < -0.3 is 14.6 Å². The van der Waals surface area contributed by atoms with Gasteiger partial charge in [-0.3, -0.25) is 0 Å². The minimum atomic E-state index is -0.0748. The van der Waals surface area contributed by atoms with Gasteiger partial charge in [0.2, 0.25) is 5.13 Å². The molecule has 124 valence electrons. The quantitative estimate of drug-likeness (QED) is 0.639. The Morgan fingerprint density at radius 1 is 1.12 bits per heavy atom. The Kier molecular flexibility index (Phi) is 4.80. The fourth-order valence-corrected chi connectivity index (χ4v) is 3.44. The SMILES string of the molecule is COc1cc2nc(N=Cc3cc(Cl)cc(Cl)c3O)sc2cc1OC. The number of aromatic hydroxyl groups is 1. The lowest BCUT2D eigenvalue weighted by Crippen LogP contribution is -1.89. The number of halogens is 2. The summed E-state index contributed by atoms with van der Waals surface area (Å²) in [5, 5.41) is 11.1. The molecule has 0 saturated heterocycles.